The lowest BCUT2D eigenvalue weighted by Gasteiger charge is -2.45. The van der Waals surface area contributed by atoms with Gasteiger partial charge in [0.05, 0.1) is 11.4 Å². The van der Waals surface area contributed by atoms with Crippen LogP contribution in [0, 0.1) is 0 Å². The summed E-state index contributed by atoms with van der Waals surface area (Å²) in [5.74, 6) is 1.10. The summed E-state index contributed by atoms with van der Waals surface area (Å²) in [5, 5.41) is 0. The Balaban J connectivity index is 1.23. The fourth-order valence-corrected chi connectivity index (χ4v) is 13.6. The molecule has 2 saturated carbocycles. The molecule has 402 valence electrons. The Labute approximate surface area is 475 Å². The van der Waals surface area contributed by atoms with Crippen LogP contribution in [0.2, 0.25) is 0 Å². The molecule has 0 amide bonds. The Morgan fingerprint density at radius 1 is 0.354 bits per heavy atom. The normalized spacial score (nSPS) is 16.2. The van der Waals surface area contributed by atoms with Gasteiger partial charge in [0.2, 0.25) is 0 Å². The predicted octanol–water partition coefficient (Wildman–Crippen LogP) is 19.5. The molecule has 8 aromatic rings. The van der Waals surface area contributed by atoms with Gasteiger partial charge in [0, 0.05) is 45.3 Å². The second kappa shape index (κ2) is 20.2. The number of nitrogens with zero attached hydrogens (tertiary/aromatic N) is 3. The highest BCUT2D eigenvalue weighted by atomic mass is 15.2. The van der Waals surface area contributed by atoms with Crippen molar-refractivity contribution < 1.29 is 0 Å². The molecule has 1 aromatic heterocycles. The molecule has 2 aliphatic carbocycles. The summed E-state index contributed by atoms with van der Waals surface area (Å²) in [4.78, 5) is 11.2. The minimum Gasteiger partial charge on any atom is -0.311 e. The summed E-state index contributed by atoms with van der Waals surface area (Å²) in [6.45, 7) is 28.6. The third-order valence-electron chi connectivity index (χ3n) is 18.4. The van der Waals surface area contributed by atoms with Crippen molar-refractivity contribution in [2.45, 2.75) is 181 Å². The van der Waals surface area contributed by atoms with Gasteiger partial charge < -0.3 is 9.80 Å². The number of aromatic nitrogens is 1. The van der Waals surface area contributed by atoms with Gasteiger partial charge >= 0.3 is 0 Å². The number of fused-ring (bicyclic) bond motifs is 4. The molecule has 0 N–H and O–H groups in total. The van der Waals surface area contributed by atoms with Crippen molar-refractivity contribution in [1.82, 2.24) is 4.98 Å². The zero-order valence-corrected chi connectivity index (χ0v) is 49.7. The predicted molar refractivity (Wildman–Crippen MR) is 341 cm³/mol. The maximum Gasteiger partial charge on any atom is 0.252 e. The monoisotopic (exact) mass is 1040 g/mol. The van der Waals surface area contributed by atoms with E-state index >= 15 is 0 Å². The van der Waals surface area contributed by atoms with Gasteiger partial charge in [0.15, 0.2) is 0 Å². The molecule has 0 atom stereocenters. The molecular weight excluding hydrogens is 954 g/mol. The van der Waals surface area contributed by atoms with Crippen LogP contribution in [0.1, 0.15) is 193 Å². The first-order chi connectivity index (χ1) is 37.7. The van der Waals surface area contributed by atoms with Crippen LogP contribution in [-0.4, -0.2) is 11.7 Å². The fourth-order valence-electron chi connectivity index (χ4n) is 13.6. The molecule has 0 unspecified atom stereocenters. The van der Waals surface area contributed by atoms with Crippen LogP contribution in [0.4, 0.5) is 34.1 Å². The molecule has 4 heteroatoms. The van der Waals surface area contributed by atoms with E-state index < -0.39 is 0 Å². The van der Waals surface area contributed by atoms with E-state index in [1.54, 1.807) is 0 Å². The maximum atomic E-state index is 5.74. The molecule has 7 aromatic carbocycles. The quantitative estimate of drug-likeness (QED) is 0.148. The minimum absolute atomic E-state index is 0.00150. The van der Waals surface area contributed by atoms with Crippen molar-refractivity contribution in [3.8, 4) is 33.6 Å². The van der Waals surface area contributed by atoms with E-state index in [1.165, 1.54) is 154 Å². The molecule has 79 heavy (non-hydrogen) atoms. The summed E-state index contributed by atoms with van der Waals surface area (Å²) >= 11 is 0. The standard InChI is InChI=1S/C75H84BN3/c1-72(2,3)57-43-58(73(4,5)6)46-61(45-57)78-67-39-53(49-25-17-13-18-26-49)33-35-63(67)76-64-36-34-54(50-27-19-14-20-28-50)40-68(64)79(62-47-59(74(7,8)9)44-60(48-62)75(10,11)12)70-42-56(41-69(78)71(70)76)66-38-55(51-29-21-15-22-30-51)37-65(77-66)52-31-23-16-24-32-52/h15-16,21-24,29-50H,13-14,17-20,25-28H2,1-12H3. The van der Waals surface area contributed by atoms with Crippen LogP contribution in [0.25, 0.3) is 33.6 Å². The van der Waals surface area contributed by atoms with Crippen LogP contribution < -0.4 is 26.2 Å². The molecule has 0 spiro atoms. The highest BCUT2D eigenvalue weighted by molar-refractivity contribution is 7.00. The SMILES string of the molecule is CC(C)(C)c1cc(N2c3cc(C4CCCCC4)ccc3B3c4ccc(C5CCCCC5)cc4N(c4cc(C(C)(C)C)cc(C(C)(C)C)c4)c4cc(-c5cc(-c6ccccc6)cc(-c6ccccc6)n5)cc2c43)cc(C(C)(C)C)c1. The lowest BCUT2D eigenvalue weighted by atomic mass is 9.33. The van der Waals surface area contributed by atoms with Gasteiger partial charge in [0.1, 0.15) is 0 Å². The topological polar surface area (TPSA) is 19.4 Å². The second-order valence-corrected chi connectivity index (χ2v) is 28.2. The minimum atomic E-state index is -0.0768. The Morgan fingerprint density at radius 2 is 0.734 bits per heavy atom. The van der Waals surface area contributed by atoms with Crippen LogP contribution in [-0.2, 0) is 21.7 Å². The number of benzene rings is 7. The molecule has 0 bridgehead atoms. The van der Waals surface area contributed by atoms with Crippen molar-refractivity contribution in [2.24, 2.45) is 0 Å². The summed E-state index contributed by atoms with van der Waals surface area (Å²) in [5.41, 5.74) is 26.3. The fraction of sp³-hybridized carbons (Fsp3) is 0.373. The summed E-state index contributed by atoms with van der Waals surface area (Å²) in [6.07, 6.45) is 12.9. The van der Waals surface area contributed by atoms with Gasteiger partial charge in [0.25, 0.3) is 6.71 Å². The van der Waals surface area contributed by atoms with Crippen LogP contribution in [0.5, 0.6) is 0 Å². The van der Waals surface area contributed by atoms with Crippen molar-refractivity contribution in [3.63, 3.8) is 0 Å². The van der Waals surface area contributed by atoms with E-state index in [9.17, 15) is 0 Å². The van der Waals surface area contributed by atoms with Gasteiger partial charge in [-0.1, -0.05) is 219 Å². The van der Waals surface area contributed by atoms with E-state index in [-0.39, 0.29) is 28.4 Å². The third kappa shape index (κ3) is 10.2. The Bertz CT molecular complexity index is 3280. The smallest absolute Gasteiger partial charge is 0.252 e. The molecule has 3 heterocycles. The molecule has 2 fully saturated rings. The molecule has 3 nitrogen and oxygen atoms in total. The number of rotatable bonds is 7. The number of anilines is 6. The average Bonchev–Trinajstić information content (AvgIpc) is 3.63. The van der Waals surface area contributed by atoms with E-state index in [2.05, 4.69) is 251 Å². The summed E-state index contributed by atoms with van der Waals surface area (Å²) < 4.78 is 0. The highest BCUT2D eigenvalue weighted by Gasteiger charge is 2.45. The molecule has 4 aliphatic rings. The largest absolute Gasteiger partial charge is 0.311 e. The molecule has 0 radical (unpaired) electrons. The first-order valence-electron chi connectivity index (χ1n) is 30.2. The number of hydrogen-bond donors (Lipinski definition) is 0. The van der Waals surface area contributed by atoms with Gasteiger partial charge in [-0.2, -0.15) is 0 Å². The maximum absolute atomic E-state index is 5.74. The lowest BCUT2D eigenvalue weighted by Crippen LogP contribution is -2.61. The first-order valence-corrected chi connectivity index (χ1v) is 30.2. The van der Waals surface area contributed by atoms with Crippen molar-refractivity contribution in [3.05, 3.63) is 191 Å². The second-order valence-electron chi connectivity index (χ2n) is 28.2. The van der Waals surface area contributed by atoms with Crippen molar-refractivity contribution in [1.29, 1.82) is 0 Å². The Morgan fingerprint density at radius 3 is 1.13 bits per heavy atom. The number of pyridine rings is 1. The molecule has 12 rings (SSSR count). The molecular formula is C75H84BN3. The summed E-state index contributed by atoms with van der Waals surface area (Å²) in [6, 6.07) is 62.0. The molecule has 0 saturated heterocycles. The Hall–Kier alpha value is -6.65. The van der Waals surface area contributed by atoms with Crippen molar-refractivity contribution in [2.75, 3.05) is 9.80 Å². The third-order valence-corrected chi connectivity index (χ3v) is 18.4. The summed E-state index contributed by atoms with van der Waals surface area (Å²) in [7, 11) is 0. The van der Waals surface area contributed by atoms with Gasteiger partial charge in [-0.3, -0.25) is 0 Å². The van der Waals surface area contributed by atoms with Crippen LogP contribution >= 0.6 is 0 Å². The number of hydrogen-bond acceptors (Lipinski definition) is 3. The van der Waals surface area contributed by atoms with Gasteiger partial charge in [-0.05, 0) is 181 Å². The van der Waals surface area contributed by atoms with Crippen LogP contribution in [0.15, 0.2) is 158 Å². The van der Waals surface area contributed by atoms with E-state index in [0.717, 1.165) is 28.1 Å². The lowest BCUT2D eigenvalue weighted by molar-refractivity contribution is 0.444. The molecule has 2 aliphatic heterocycles. The van der Waals surface area contributed by atoms with E-state index in [0.29, 0.717) is 11.8 Å². The highest BCUT2D eigenvalue weighted by Crippen LogP contribution is 2.50. The van der Waals surface area contributed by atoms with Gasteiger partial charge in [-0.15, -0.1) is 0 Å². The van der Waals surface area contributed by atoms with Crippen LogP contribution in [0.3, 0.4) is 0 Å². The zero-order valence-electron chi connectivity index (χ0n) is 49.7. The Kier molecular flexibility index (Phi) is 13.5. The first kappa shape index (κ1) is 53.0. The zero-order chi connectivity index (χ0) is 55.2. The average molecular weight is 1040 g/mol. The van der Waals surface area contributed by atoms with Crippen molar-refractivity contribution >= 4 is 57.2 Å². The van der Waals surface area contributed by atoms with E-state index in [1.807, 2.05) is 0 Å². The van der Waals surface area contributed by atoms with Gasteiger partial charge in [-0.25, -0.2) is 4.98 Å². The van der Waals surface area contributed by atoms with E-state index in [4.69, 9.17) is 4.98 Å².